The van der Waals surface area contributed by atoms with Gasteiger partial charge in [-0.3, -0.25) is 9.36 Å². The third kappa shape index (κ3) is 5.53. The lowest BCUT2D eigenvalue weighted by Gasteiger charge is -2.30. The van der Waals surface area contributed by atoms with Crippen LogP contribution in [0.1, 0.15) is 40.3 Å². The number of rotatable bonds is 5. The molecule has 0 saturated heterocycles. The minimum atomic E-state index is -0.214. The van der Waals surface area contributed by atoms with Crippen molar-refractivity contribution >= 4 is 82.5 Å². The Morgan fingerprint density at radius 3 is 2.44 bits per heavy atom. The van der Waals surface area contributed by atoms with Crippen molar-refractivity contribution in [3.8, 4) is 5.75 Å². The largest absolute Gasteiger partial charge is 0.486 e. The number of aryl methyl sites for hydroxylation is 1. The van der Waals surface area contributed by atoms with Gasteiger partial charge in [0.05, 0.1) is 25.2 Å². The van der Waals surface area contributed by atoms with Crippen LogP contribution in [0.4, 0.5) is 0 Å². The Kier molecular flexibility index (Phi) is 8.07. The summed E-state index contributed by atoms with van der Waals surface area (Å²) in [6, 6.07) is 28.0. The molecule has 2 heterocycles. The van der Waals surface area contributed by atoms with E-state index >= 15 is 0 Å². The highest BCUT2D eigenvalue weighted by Gasteiger charge is 2.32. The van der Waals surface area contributed by atoms with Crippen LogP contribution in [0, 0.1) is 0 Å². The Morgan fingerprint density at radius 2 is 1.67 bits per heavy atom. The number of nitrogens with zero attached hydrogens (tertiary/aromatic N) is 2. The molecule has 0 bridgehead atoms. The fourth-order valence-electron chi connectivity index (χ4n) is 5.68. The van der Waals surface area contributed by atoms with Gasteiger partial charge in [0.1, 0.15) is 12.4 Å². The number of hydrogen-bond acceptors (Lipinski definition) is 4. The van der Waals surface area contributed by atoms with Crippen molar-refractivity contribution in [1.29, 1.82) is 0 Å². The maximum atomic E-state index is 14.1. The van der Waals surface area contributed by atoms with Crippen molar-refractivity contribution in [2.75, 3.05) is 0 Å². The first-order valence-corrected chi connectivity index (χ1v) is 17.2. The van der Waals surface area contributed by atoms with E-state index in [4.69, 9.17) is 21.3 Å². The summed E-state index contributed by atoms with van der Waals surface area (Å²) < 4.78 is 11.1. The van der Waals surface area contributed by atoms with Gasteiger partial charge in [-0.25, -0.2) is 4.99 Å². The second-order valence-corrected chi connectivity index (χ2v) is 14.4. The van der Waals surface area contributed by atoms with Gasteiger partial charge in [0.2, 0.25) is 0 Å². The highest BCUT2D eigenvalue weighted by atomic mass is 79.9. The van der Waals surface area contributed by atoms with Gasteiger partial charge < -0.3 is 4.74 Å². The van der Waals surface area contributed by atoms with Crippen molar-refractivity contribution in [2.24, 2.45) is 4.99 Å². The standard InChI is InChI=1S/C34H22Br3ClN2O2S/c35-23-12-9-21(10-13-23)31-25-14-11-20-5-1-3-7-24(20)30(25)39-34-40(31)33(41)29(43-34)17-19-15-26(36)32(27(37)16-19)42-18-22-6-2-4-8-28(22)38/h1-10,12-13,15-17,31H,11,14,18H2/b29-17+/t31-/m1/s1. The van der Waals surface area contributed by atoms with Crippen molar-refractivity contribution < 1.29 is 4.74 Å². The molecule has 0 amide bonds. The third-order valence-corrected chi connectivity index (χ3v) is 10.8. The van der Waals surface area contributed by atoms with Crippen molar-refractivity contribution in [2.45, 2.75) is 25.5 Å². The fraction of sp³-hybridized carbons (Fsp3) is 0.118. The molecule has 1 atom stereocenters. The molecule has 0 saturated carbocycles. The smallest absolute Gasteiger partial charge is 0.271 e. The minimum absolute atomic E-state index is 0.0478. The first-order valence-electron chi connectivity index (χ1n) is 13.6. The molecule has 4 nitrogen and oxygen atoms in total. The lowest BCUT2D eigenvalue weighted by atomic mass is 9.83. The highest BCUT2D eigenvalue weighted by molar-refractivity contribution is 9.11. The van der Waals surface area contributed by atoms with Crippen LogP contribution in [0.2, 0.25) is 5.02 Å². The molecule has 0 N–H and O–H groups in total. The number of halogens is 4. The molecular weight excluding hydrogens is 776 g/mol. The van der Waals surface area contributed by atoms with Crippen LogP contribution in [0.15, 0.2) is 114 Å². The quantitative estimate of drug-likeness (QED) is 0.179. The predicted molar refractivity (Wildman–Crippen MR) is 185 cm³/mol. The van der Waals surface area contributed by atoms with Crippen LogP contribution < -0.4 is 19.6 Å². The molecule has 214 valence electrons. The van der Waals surface area contributed by atoms with E-state index in [1.807, 2.05) is 59.2 Å². The van der Waals surface area contributed by atoms with Gasteiger partial charge in [-0.05, 0) is 103 Å². The molecule has 0 radical (unpaired) electrons. The number of hydrogen-bond donors (Lipinski definition) is 0. The molecule has 2 aliphatic rings. The Bertz CT molecular complexity index is 2100. The summed E-state index contributed by atoms with van der Waals surface area (Å²) in [5.41, 5.74) is 7.42. The Morgan fingerprint density at radius 1 is 0.953 bits per heavy atom. The average molecular weight is 798 g/mol. The zero-order valence-corrected chi connectivity index (χ0v) is 28.8. The Balaban J connectivity index is 1.32. The molecule has 0 spiro atoms. The van der Waals surface area contributed by atoms with Gasteiger partial charge in [0.25, 0.3) is 5.56 Å². The van der Waals surface area contributed by atoms with E-state index in [1.165, 1.54) is 22.5 Å². The van der Waals surface area contributed by atoms with Crippen LogP contribution in [0.3, 0.4) is 0 Å². The van der Waals surface area contributed by atoms with E-state index in [-0.39, 0.29) is 11.6 Å². The number of aromatic nitrogens is 1. The monoisotopic (exact) mass is 794 g/mol. The van der Waals surface area contributed by atoms with E-state index in [9.17, 15) is 4.79 Å². The topological polar surface area (TPSA) is 43.6 Å². The van der Waals surface area contributed by atoms with Crippen LogP contribution in [-0.2, 0) is 13.0 Å². The van der Waals surface area contributed by atoms with E-state index in [0.29, 0.717) is 26.7 Å². The molecular formula is C34H22Br3ClN2O2S. The maximum absolute atomic E-state index is 14.1. The molecule has 0 unspecified atom stereocenters. The zero-order valence-electron chi connectivity index (χ0n) is 22.5. The molecule has 0 fully saturated rings. The summed E-state index contributed by atoms with van der Waals surface area (Å²) in [5, 5.41) is 0.661. The second-order valence-electron chi connectivity index (χ2n) is 10.4. The summed E-state index contributed by atoms with van der Waals surface area (Å²) in [5.74, 6) is 0.667. The van der Waals surface area contributed by atoms with Gasteiger partial charge in [-0.15, -0.1) is 0 Å². The molecule has 5 aromatic rings. The van der Waals surface area contributed by atoms with Crippen molar-refractivity contribution in [1.82, 2.24) is 4.57 Å². The number of benzene rings is 4. The first-order chi connectivity index (χ1) is 20.9. The van der Waals surface area contributed by atoms with Crippen molar-refractivity contribution in [3.63, 3.8) is 0 Å². The third-order valence-electron chi connectivity index (χ3n) is 7.71. The van der Waals surface area contributed by atoms with E-state index in [0.717, 1.165) is 54.2 Å². The fourth-order valence-corrected chi connectivity index (χ4v) is 8.59. The number of ether oxygens (including phenoxy) is 1. The molecule has 1 aliphatic carbocycles. The summed E-state index contributed by atoms with van der Waals surface area (Å²) in [4.78, 5) is 19.9. The molecule has 7 rings (SSSR count). The average Bonchev–Trinajstić information content (AvgIpc) is 3.31. The van der Waals surface area contributed by atoms with Crippen LogP contribution in [-0.4, -0.2) is 4.57 Å². The Labute approximate surface area is 282 Å². The summed E-state index contributed by atoms with van der Waals surface area (Å²) in [6.07, 6.45) is 3.71. The van der Waals surface area contributed by atoms with E-state index in [2.05, 4.69) is 84.2 Å². The highest BCUT2D eigenvalue weighted by Crippen LogP contribution is 2.41. The second kappa shape index (κ2) is 12.0. The van der Waals surface area contributed by atoms with Gasteiger partial charge in [0, 0.05) is 20.6 Å². The first kappa shape index (κ1) is 29.0. The van der Waals surface area contributed by atoms with Crippen LogP contribution in [0.5, 0.6) is 5.75 Å². The van der Waals surface area contributed by atoms with Gasteiger partial charge in [0.15, 0.2) is 4.80 Å². The van der Waals surface area contributed by atoms with Gasteiger partial charge in [-0.2, -0.15) is 0 Å². The SMILES string of the molecule is O=c1/c(=C\c2cc(Br)c(OCc3ccccc3Cl)c(Br)c2)sc2n1[C@H](c1ccc(Br)cc1)C1=C(N=2)c2ccccc2CC1. The lowest BCUT2D eigenvalue weighted by molar-refractivity contribution is 0.302. The van der Waals surface area contributed by atoms with Crippen molar-refractivity contribution in [3.05, 3.63) is 156 Å². The molecule has 4 aromatic carbocycles. The van der Waals surface area contributed by atoms with Crippen LogP contribution >= 0.6 is 70.7 Å². The molecule has 43 heavy (non-hydrogen) atoms. The van der Waals surface area contributed by atoms with Gasteiger partial charge >= 0.3 is 0 Å². The summed E-state index contributed by atoms with van der Waals surface area (Å²) >= 11 is 18.6. The molecule has 1 aliphatic heterocycles. The predicted octanol–water partition coefficient (Wildman–Crippen LogP) is 8.84. The zero-order chi connectivity index (χ0) is 29.7. The number of allylic oxidation sites excluding steroid dienone is 1. The minimum Gasteiger partial charge on any atom is -0.486 e. The normalized spacial score (nSPS) is 15.9. The molecule has 9 heteroatoms. The number of fused-ring (bicyclic) bond motifs is 3. The van der Waals surface area contributed by atoms with E-state index < -0.39 is 0 Å². The summed E-state index contributed by atoms with van der Waals surface area (Å²) in [6.45, 7) is 0.332. The number of thiazole rings is 1. The summed E-state index contributed by atoms with van der Waals surface area (Å²) in [7, 11) is 0. The van der Waals surface area contributed by atoms with Gasteiger partial charge in [-0.1, -0.05) is 93.5 Å². The maximum Gasteiger partial charge on any atom is 0.271 e. The molecule has 1 aromatic heterocycles. The van der Waals surface area contributed by atoms with Crippen LogP contribution in [0.25, 0.3) is 11.8 Å². The van der Waals surface area contributed by atoms with E-state index in [1.54, 1.807) is 0 Å². The Hall–Kier alpha value is -2.75. The lowest BCUT2D eigenvalue weighted by Crippen LogP contribution is -2.38.